The molecule has 1 aliphatic rings. The maximum Gasteiger partial charge on any atom is 0.326 e. The van der Waals surface area contributed by atoms with Crippen molar-refractivity contribution in [2.24, 2.45) is 0 Å². The topological polar surface area (TPSA) is 70.5 Å². The van der Waals surface area contributed by atoms with Crippen LogP contribution in [0.4, 0.5) is 4.39 Å². The summed E-state index contributed by atoms with van der Waals surface area (Å²) in [5.74, 6) is -2.06. The number of nitrogens with zero attached hydrogens (tertiary/aromatic N) is 2. The van der Waals surface area contributed by atoms with E-state index >= 15 is 0 Å². The summed E-state index contributed by atoms with van der Waals surface area (Å²) in [5.41, 5.74) is 0.217. The molecule has 1 amide bonds. The average Bonchev–Trinajstić information content (AvgIpc) is 2.64. The molecule has 1 N–H and O–H groups in total. The molecule has 1 aromatic heterocycles. The highest BCUT2D eigenvalue weighted by atomic mass is 19.1. The summed E-state index contributed by atoms with van der Waals surface area (Å²) in [4.78, 5) is 28.3. The van der Waals surface area contributed by atoms with Gasteiger partial charge in [-0.05, 0) is 25.0 Å². The van der Waals surface area contributed by atoms with Gasteiger partial charge in [0, 0.05) is 12.7 Å². The molecule has 0 saturated carbocycles. The van der Waals surface area contributed by atoms with Crippen LogP contribution in [0, 0.1) is 5.95 Å². The van der Waals surface area contributed by atoms with Gasteiger partial charge in [0.25, 0.3) is 5.91 Å². The van der Waals surface area contributed by atoms with Crippen LogP contribution in [0.15, 0.2) is 18.3 Å². The minimum absolute atomic E-state index is 0.217. The van der Waals surface area contributed by atoms with Gasteiger partial charge in [-0.3, -0.25) is 4.79 Å². The number of carbonyl (C=O) groups is 2. The number of pyridine rings is 1. The molecule has 1 atom stereocenters. The van der Waals surface area contributed by atoms with E-state index in [2.05, 4.69) is 4.98 Å². The molecule has 0 radical (unpaired) electrons. The molecule has 0 aliphatic carbocycles. The molecule has 0 spiro atoms. The van der Waals surface area contributed by atoms with Crippen LogP contribution in [0.5, 0.6) is 0 Å². The zero-order valence-corrected chi connectivity index (χ0v) is 10.4. The standard InChI is InChI=1S/C13H15FN2O3/c14-11-6-5-9(8-15-11)12(17)16-7-3-1-2-4-10(16)13(18)19/h5-6,8,10H,1-4,7H2,(H,18,19). The van der Waals surface area contributed by atoms with E-state index in [4.69, 9.17) is 0 Å². The van der Waals surface area contributed by atoms with Gasteiger partial charge in [-0.2, -0.15) is 4.39 Å². The van der Waals surface area contributed by atoms with Crippen molar-refractivity contribution in [1.82, 2.24) is 9.88 Å². The Kier molecular flexibility index (Phi) is 4.09. The summed E-state index contributed by atoms with van der Waals surface area (Å²) in [6.07, 6.45) is 4.08. The van der Waals surface area contributed by atoms with Crippen LogP contribution in [0.1, 0.15) is 36.0 Å². The Bertz CT molecular complexity index is 475. The number of carbonyl (C=O) groups excluding carboxylic acids is 1. The van der Waals surface area contributed by atoms with Gasteiger partial charge in [0.15, 0.2) is 0 Å². The molecule has 1 fully saturated rings. The third-order valence-corrected chi connectivity index (χ3v) is 3.27. The van der Waals surface area contributed by atoms with Gasteiger partial charge in [-0.15, -0.1) is 0 Å². The third kappa shape index (κ3) is 3.07. The molecule has 1 unspecified atom stereocenters. The molecular formula is C13H15FN2O3. The predicted molar refractivity (Wildman–Crippen MR) is 65.1 cm³/mol. The molecule has 19 heavy (non-hydrogen) atoms. The van der Waals surface area contributed by atoms with Crippen molar-refractivity contribution in [1.29, 1.82) is 0 Å². The van der Waals surface area contributed by atoms with E-state index in [1.165, 1.54) is 11.0 Å². The van der Waals surface area contributed by atoms with Crippen molar-refractivity contribution in [3.05, 3.63) is 29.8 Å². The summed E-state index contributed by atoms with van der Waals surface area (Å²) in [7, 11) is 0. The summed E-state index contributed by atoms with van der Waals surface area (Å²) >= 11 is 0. The molecule has 102 valence electrons. The number of rotatable bonds is 2. The smallest absolute Gasteiger partial charge is 0.326 e. The van der Waals surface area contributed by atoms with Crippen molar-refractivity contribution in [3.63, 3.8) is 0 Å². The minimum Gasteiger partial charge on any atom is -0.480 e. The van der Waals surface area contributed by atoms with Gasteiger partial charge in [0.1, 0.15) is 6.04 Å². The maximum atomic E-state index is 12.7. The highest BCUT2D eigenvalue weighted by Gasteiger charge is 2.31. The molecule has 2 heterocycles. The zero-order valence-electron chi connectivity index (χ0n) is 10.4. The fourth-order valence-corrected chi connectivity index (χ4v) is 2.28. The van der Waals surface area contributed by atoms with Crippen LogP contribution in [0.2, 0.25) is 0 Å². The summed E-state index contributed by atoms with van der Waals surface area (Å²) in [6, 6.07) is 1.62. The quantitative estimate of drug-likeness (QED) is 0.827. The average molecular weight is 266 g/mol. The molecule has 5 nitrogen and oxygen atoms in total. The number of amides is 1. The molecule has 1 aliphatic heterocycles. The fourth-order valence-electron chi connectivity index (χ4n) is 2.28. The van der Waals surface area contributed by atoms with Gasteiger partial charge in [0.2, 0.25) is 5.95 Å². The number of carboxylic acids is 1. The van der Waals surface area contributed by atoms with E-state index in [1.807, 2.05) is 0 Å². The Labute approximate surface area is 110 Å². The number of halogens is 1. The lowest BCUT2D eigenvalue weighted by Crippen LogP contribution is -2.44. The van der Waals surface area contributed by atoms with E-state index in [0.717, 1.165) is 31.5 Å². The normalized spacial score (nSPS) is 19.8. The van der Waals surface area contributed by atoms with Crippen LogP contribution in [-0.2, 0) is 4.79 Å². The molecule has 6 heteroatoms. The van der Waals surface area contributed by atoms with E-state index in [1.54, 1.807) is 0 Å². The zero-order chi connectivity index (χ0) is 13.8. The second-order valence-corrected chi connectivity index (χ2v) is 4.57. The lowest BCUT2D eigenvalue weighted by Gasteiger charge is -2.26. The van der Waals surface area contributed by atoms with E-state index in [0.29, 0.717) is 13.0 Å². The fraction of sp³-hybridized carbons (Fsp3) is 0.462. The van der Waals surface area contributed by atoms with Crippen LogP contribution < -0.4 is 0 Å². The van der Waals surface area contributed by atoms with E-state index < -0.39 is 23.9 Å². The number of carboxylic acid groups (broad SMARTS) is 1. The van der Waals surface area contributed by atoms with Crippen molar-refractivity contribution in [2.75, 3.05) is 6.54 Å². The van der Waals surface area contributed by atoms with Crippen LogP contribution >= 0.6 is 0 Å². The summed E-state index contributed by atoms with van der Waals surface area (Å²) in [6.45, 7) is 0.410. The number of hydrogen-bond acceptors (Lipinski definition) is 3. The maximum absolute atomic E-state index is 12.7. The van der Waals surface area contributed by atoms with Gasteiger partial charge in [0.05, 0.1) is 5.56 Å². The number of aliphatic carboxylic acids is 1. The highest BCUT2D eigenvalue weighted by molar-refractivity contribution is 5.96. The first kappa shape index (κ1) is 13.5. The van der Waals surface area contributed by atoms with Gasteiger partial charge >= 0.3 is 5.97 Å². The van der Waals surface area contributed by atoms with Crippen molar-refractivity contribution < 1.29 is 19.1 Å². The van der Waals surface area contributed by atoms with Crippen molar-refractivity contribution in [3.8, 4) is 0 Å². The Hall–Kier alpha value is -1.98. The Morgan fingerprint density at radius 3 is 2.74 bits per heavy atom. The summed E-state index contributed by atoms with van der Waals surface area (Å²) in [5, 5.41) is 9.20. The van der Waals surface area contributed by atoms with Crippen molar-refractivity contribution >= 4 is 11.9 Å². The largest absolute Gasteiger partial charge is 0.480 e. The van der Waals surface area contributed by atoms with E-state index in [9.17, 15) is 19.1 Å². The molecular weight excluding hydrogens is 251 g/mol. The predicted octanol–water partition coefficient (Wildman–Crippen LogP) is 1.69. The first-order valence-corrected chi connectivity index (χ1v) is 6.25. The van der Waals surface area contributed by atoms with Gasteiger partial charge < -0.3 is 10.0 Å². The number of likely N-dealkylation sites (tertiary alicyclic amines) is 1. The lowest BCUT2D eigenvalue weighted by atomic mass is 10.1. The number of aromatic nitrogens is 1. The molecule has 0 aromatic carbocycles. The second kappa shape index (κ2) is 5.77. The van der Waals surface area contributed by atoms with Gasteiger partial charge in [-0.1, -0.05) is 12.8 Å². The SMILES string of the molecule is O=C(O)C1CCCCCN1C(=O)c1ccc(F)nc1. The minimum atomic E-state index is -0.995. The first-order valence-electron chi connectivity index (χ1n) is 6.25. The lowest BCUT2D eigenvalue weighted by molar-refractivity contribution is -0.142. The molecule has 1 saturated heterocycles. The number of hydrogen-bond donors (Lipinski definition) is 1. The van der Waals surface area contributed by atoms with Crippen molar-refractivity contribution in [2.45, 2.75) is 31.7 Å². The van der Waals surface area contributed by atoms with Gasteiger partial charge in [-0.25, -0.2) is 9.78 Å². The first-order chi connectivity index (χ1) is 9.09. The third-order valence-electron chi connectivity index (χ3n) is 3.27. The second-order valence-electron chi connectivity index (χ2n) is 4.57. The Morgan fingerprint density at radius 2 is 2.11 bits per heavy atom. The van der Waals surface area contributed by atoms with Crippen LogP contribution in [-0.4, -0.2) is 39.5 Å². The molecule has 0 bridgehead atoms. The molecule has 1 aromatic rings. The summed E-state index contributed by atoms with van der Waals surface area (Å²) < 4.78 is 12.7. The van der Waals surface area contributed by atoms with Crippen LogP contribution in [0.25, 0.3) is 0 Å². The van der Waals surface area contributed by atoms with Crippen LogP contribution in [0.3, 0.4) is 0 Å². The Morgan fingerprint density at radius 1 is 1.32 bits per heavy atom. The van der Waals surface area contributed by atoms with E-state index in [-0.39, 0.29) is 5.56 Å². The monoisotopic (exact) mass is 266 g/mol. The molecule has 2 rings (SSSR count). The highest BCUT2D eigenvalue weighted by Crippen LogP contribution is 2.19. The Balaban J connectivity index is 2.23.